The first-order chi connectivity index (χ1) is 11.1. The largest absolute Gasteiger partial charge is 0.378 e. The SMILES string of the molecule is C[C@]1(C(=O)N2CCOCC2)CN(Cc2ccccc2F)CCO1. The normalized spacial score (nSPS) is 26.3. The summed E-state index contributed by atoms with van der Waals surface area (Å²) in [6.07, 6.45) is 0. The topological polar surface area (TPSA) is 42.0 Å². The molecule has 0 N–H and O–H groups in total. The average molecular weight is 322 g/mol. The summed E-state index contributed by atoms with van der Waals surface area (Å²) in [5, 5.41) is 0. The van der Waals surface area contributed by atoms with Gasteiger partial charge in [0.2, 0.25) is 0 Å². The minimum atomic E-state index is -0.874. The highest BCUT2D eigenvalue weighted by Crippen LogP contribution is 2.23. The fraction of sp³-hybridized carbons (Fsp3) is 0.588. The van der Waals surface area contributed by atoms with Crippen molar-refractivity contribution in [2.75, 3.05) is 46.0 Å². The quantitative estimate of drug-likeness (QED) is 0.841. The maximum Gasteiger partial charge on any atom is 0.256 e. The number of ether oxygens (including phenoxy) is 2. The molecular formula is C17H23FN2O3. The number of amides is 1. The lowest BCUT2D eigenvalue weighted by Crippen LogP contribution is -2.60. The van der Waals surface area contributed by atoms with Crippen molar-refractivity contribution in [1.29, 1.82) is 0 Å². The second-order valence-electron chi connectivity index (χ2n) is 6.29. The Bertz CT molecular complexity index is 563. The number of hydrogen-bond acceptors (Lipinski definition) is 4. The van der Waals surface area contributed by atoms with Crippen LogP contribution in [0.1, 0.15) is 12.5 Å². The first-order valence-electron chi connectivity index (χ1n) is 8.05. The number of nitrogens with zero attached hydrogens (tertiary/aromatic N) is 2. The molecule has 2 heterocycles. The summed E-state index contributed by atoms with van der Waals surface area (Å²) >= 11 is 0. The first kappa shape index (κ1) is 16.4. The average Bonchev–Trinajstić information content (AvgIpc) is 2.57. The van der Waals surface area contributed by atoms with Gasteiger partial charge in [0.15, 0.2) is 5.60 Å². The lowest BCUT2D eigenvalue weighted by molar-refractivity contribution is -0.171. The maximum atomic E-state index is 13.8. The van der Waals surface area contributed by atoms with Gasteiger partial charge >= 0.3 is 0 Å². The van der Waals surface area contributed by atoms with Crippen molar-refractivity contribution in [2.45, 2.75) is 19.1 Å². The third-order valence-electron chi connectivity index (χ3n) is 4.46. The molecule has 2 fully saturated rings. The molecule has 0 aromatic heterocycles. The van der Waals surface area contributed by atoms with E-state index in [4.69, 9.17) is 9.47 Å². The molecule has 3 rings (SSSR count). The van der Waals surface area contributed by atoms with Crippen LogP contribution in [-0.4, -0.2) is 67.3 Å². The molecule has 23 heavy (non-hydrogen) atoms. The lowest BCUT2D eigenvalue weighted by atomic mass is 10.0. The molecule has 2 aliphatic rings. The van der Waals surface area contributed by atoms with Gasteiger partial charge in [0.1, 0.15) is 5.82 Å². The smallest absolute Gasteiger partial charge is 0.256 e. The van der Waals surface area contributed by atoms with Crippen molar-refractivity contribution in [3.05, 3.63) is 35.6 Å². The van der Waals surface area contributed by atoms with Crippen molar-refractivity contribution in [1.82, 2.24) is 9.80 Å². The van der Waals surface area contributed by atoms with Crippen LogP contribution in [0.4, 0.5) is 4.39 Å². The molecule has 1 atom stereocenters. The number of morpholine rings is 2. The van der Waals surface area contributed by atoms with Crippen LogP contribution in [0.2, 0.25) is 0 Å². The molecule has 0 unspecified atom stereocenters. The van der Waals surface area contributed by atoms with Crippen LogP contribution < -0.4 is 0 Å². The van der Waals surface area contributed by atoms with E-state index in [0.29, 0.717) is 58.1 Å². The summed E-state index contributed by atoms with van der Waals surface area (Å²) in [5.41, 5.74) is -0.225. The molecule has 1 amide bonds. The van der Waals surface area contributed by atoms with Gasteiger partial charge in [0.05, 0.1) is 19.8 Å². The number of halogens is 1. The van der Waals surface area contributed by atoms with Crippen LogP contribution in [0.3, 0.4) is 0 Å². The van der Waals surface area contributed by atoms with E-state index in [9.17, 15) is 9.18 Å². The van der Waals surface area contributed by atoms with E-state index >= 15 is 0 Å². The molecule has 0 aliphatic carbocycles. The number of benzene rings is 1. The third kappa shape index (κ3) is 3.71. The van der Waals surface area contributed by atoms with E-state index < -0.39 is 5.60 Å². The number of hydrogen-bond donors (Lipinski definition) is 0. The Balaban J connectivity index is 1.67. The molecule has 0 saturated carbocycles. The van der Waals surface area contributed by atoms with Gasteiger partial charge in [-0.3, -0.25) is 9.69 Å². The second kappa shape index (κ2) is 6.95. The number of carbonyl (C=O) groups excluding carboxylic acids is 1. The third-order valence-corrected chi connectivity index (χ3v) is 4.46. The zero-order chi connectivity index (χ0) is 16.3. The molecule has 1 aromatic carbocycles. The highest BCUT2D eigenvalue weighted by Gasteiger charge is 2.42. The van der Waals surface area contributed by atoms with Gasteiger partial charge in [-0.25, -0.2) is 4.39 Å². The highest BCUT2D eigenvalue weighted by atomic mass is 19.1. The van der Waals surface area contributed by atoms with Gasteiger partial charge in [-0.15, -0.1) is 0 Å². The van der Waals surface area contributed by atoms with Crippen LogP contribution in [0.15, 0.2) is 24.3 Å². The van der Waals surface area contributed by atoms with E-state index in [-0.39, 0.29) is 11.7 Å². The van der Waals surface area contributed by atoms with E-state index in [1.54, 1.807) is 17.0 Å². The summed E-state index contributed by atoms with van der Waals surface area (Å²) in [6, 6.07) is 6.76. The van der Waals surface area contributed by atoms with Crippen molar-refractivity contribution in [3.63, 3.8) is 0 Å². The molecule has 126 valence electrons. The Hall–Kier alpha value is -1.50. The van der Waals surface area contributed by atoms with Crippen molar-refractivity contribution in [3.8, 4) is 0 Å². The number of rotatable bonds is 3. The second-order valence-corrected chi connectivity index (χ2v) is 6.29. The Kier molecular flexibility index (Phi) is 4.94. The molecule has 6 heteroatoms. The molecule has 1 aromatic rings. The zero-order valence-electron chi connectivity index (χ0n) is 13.5. The summed E-state index contributed by atoms with van der Waals surface area (Å²) < 4.78 is 24.9. The Morgan fingerprint density at radius 3 is 2.70 bits per heavy atom. The minimum absolute atomic E-state index is 0.000895. The first-order valence-corrected chi connectivity index (χ1v) is 8.05. The zero-order valence-corrected chi connectivity index (χ0v) is 13.5. The fourth-order valence-corrected chi connectivity index (χ4v) is 3.18. The molecule has 0 spiro atoms. The van der Waals surface area contributed by atoms with E-state index in [0.717, 1.165) is 0 Å². The Labute approximate surface area is 136 Å². The van der Waals surface area contributed by atoms with Gasteiger partial charge in [-0.1, -0.05) is 18.2 Å². The lowest BCUT2D eigenvalue weighted by Gasteiger charge is -2.42. The standard InChI is InChI=1S/C17H23FN2O3/c1-17(16(21)20-7-9-22-10-8-20)13-19(6-11-23-17)12-14-4-2-3-5-15(14)18/h2-5H,6-13H2,1H3/t17-/m1/s1. The predicted molar refractivity (Wildman–Crippen MR) is 83.4 cm³/mol. The van der Waals surface area contributed by atoms with Gasteiger partial charge in [0.25, 0.3) is 5.91 Å². The monoisotopic (exact) mass is 322 g/mol. The summed E-state index contributed by atoms with van der Waals surface area (Å²) in [4.78, 5) is 16.7. The van der Waals surface area contributed by atoms with Crippen molar-refractivity contribution >= 4 is 5.91 Å². The molecular weight excluding hydrogens is 299 g/mol. The van der Waals surface area contributed by atoms with Crippen LogP contribution in [0.5, 0.6) is 0 Å². The molecule has 2 aliphatic heterocycles. The van der Waals surface area contributed by atoms with Gasteiger partial charge in [-0.05, 0) is 13.0 Å². The van der Waals surface area contributed by atoms with Crippen LogP contribution >= 0.6 is 0 Å². The van der Waals surface area contributed by atoms with Crippen molar-refractivity contribution < 1.29 is 18.7 Å². The van der Waals surface area contributed by atoms with E-state index in [1.807, 2.05) is 13.0 Å². The summed E-state index contributed by atoms with van der Waals surface area (Å²) in [5.74, 6) is -0.209. The van der Waals surface area contributed by atoms with E-state index in [1.165, 1.54) is 6.07 Å². The van der Waals surface area contributed by atoms with Crippen LogP contribution in [0.25, 0.3) is 0 Å². The molecule has 2 saturated heterocycles. The van der Waals surface area contributed by atoms with E-state index in [2.05, 4.69) is 4.90 Å². The van der Waals surface area contributed by atoms with Gasteiger partial charge < -0.3 is 14.4 Å². The predicted octanol–water partition coefficient (Wildman–Crippen LogP) is 1.28. The minimum Gasteiger partial charge on any atom is -0.378 e. The van der Waals surface area contributed by atoms with Crippen LogP contribution in [-0.2, 0) is 20.8 Å². The summed E-state index contributed by atoms with van der Waals surface area (Å²) in [7, 11) is 0. The van der Waals surface area contributed by atoms with Gasteiger partial charge in [0, 0.05) is 38.3 Å². The Morgan fingerprint density at radius 2 is 1.96 bits per heavy atom. The highest BCUT2D eigenvalue weighted by molar-refractivity contribution is 5.85. The van der Waals surface area contributed by atoms with Crippen LogP contribution in [0, 0.1) is 5.82 Å². The molecule has 5 nitrogen and oxygen atoms in total. The fourth-order valence-electron chi connectivity index (χ4n) is 3.18. The molecule has 0 bridgehead atoms. The summed E-state index contributed by atoms with van der Waals surface area (Å²) in [6.45, 7) is 6.30. The van der Waals surface area contributed by atoms with Gasteiger partial charge in [-0.2, -0.15) is 0 Å². The van der Waals surface area contributed by atoms with Crippen molar-refractivity contribution in [2.24, 2.45) is 0 Å². The number of carbonyl (C=O) groups is 1. The maximum absolute atomic E-state index is 13.8. The Morgan fingerprint density at radius 1 is 1.22 bits per heavy atom. The molecule has 0 radical (unpaired) electrons.